The van der Waals surface area contributed by atoms with E-state index in [2.05, 4.69) is 19.5 Å². The lowest BCUT2D eigenvalue weighted by Crippen LogP contribution is -2.49. The van der Waals surface area contributed by atoms with Crippen molar-refractivity contribution in [2.75, 3.05) is 50.1 Å². The molecule has 0 N–H and O–H groups in total. The van der Waals surface area contributed by atoms with Crippen LogP contribution in [0.25, 0.3) is 0 Å². The van der Waals surface area contributed by atoms with E-state index in [1.165, 1.54) is 0 Å². The first kappa shape index (κ1) is 16.8. The van der Waals surface area contributed by atoms with E-state index in [0.717, 1.165) is 24.7 Å². The summed E-state index contributed by atoms with van der Waals surface area (Å²) in [6.07, 6.45) is 0. The number of amidine groups is 1. The summed E-state index contributed by atoms with van der Waals surface area (Å²) in [7, 11) is 0.277. The Balaban J connectivity index is 1.49. The normalized spacial score (nSPS) is 18.5. The van der Waals surface area contributed by atoms with Crippen molar-refractivity contribution in [3.05, 3.63) is 42.0 Å². The Morgan fingerprint density at radius 1 is 0.923 bits per heavy atom. The first-order valence-corrected chi connectivity index (χ1v) is 9.85. The van der Waals surface area contributed by atoms with Gasteiger partial charge in [-0.1, -0.05) is 12.1 Å². The van der Waals surface area contributed by atoms with Gasteiger partial charge in [0.15, 0.2) is 17.5 Å². The van der Waals surface area contributed by atoms with E-state index in [4.69, 9.17) is 0 Å². The molecular formula is C17H20N6O2S. The van der Waals surface area contributed by atoms with Crippen molar-refractivity contribution >= 4 is 27.5 Å². The van der Waals surface area contributed by atoms with Crippen molar-refractivity contribution in [1.82, 2.24) is 15.1 Å². The second kappa shape index (κ2) is 6.24. The van der Waals surface area contributed by atoms with Crippen LogP contribution in [0.2, 0.25) is 0 Å². The summed E-state index contributed by atoms with van der Waals surface area (Å²) in [5, 5.41) is 8.51. The summed E-state index contributed by atoms with van der Waals surface area (Å²) in [5.41, 5.74) is 0.691. The Bertz CT molecular complexity index is 947. The van der Waals surface area contributed by atoms with Gasteiger partial charge in [-0.05, 0) is 24.3 Å². The molecule has 136 valence electrons. The first-order valence-electron chi connectivity index (χ1n) is 8.41. The zero-order valence-corrected chi connectivity index (χ0v) is 15.5. The van der Waals surface area contributed by atoms with Crippen molar-refractivity contribution in [3.63, 3.8) is 0 Å². The van der Waals surface area contributed by atoms with Crippen LogP contribution in [0.4, 0.5) is 11.6 Å². The summed E-state index contributed by atoms with van der Waals surface area (Å²) in [6.45, 7) is 2.83. The predicted octanol–water partition coefficient (Wildman–Crippen LogP) is 0.814. The van der Waals surface area contributed by atoms with Crippen molar-refractivity contribution in [3.8, 4) is 0 Å². The molecule has 1 aromatic heterocycles. The summed E-state index contributed by atoms with van der Waals surface area (Å²) >= 11 is 0. The minimum Gasteiger partial charge on any atom is -0.361 e. The zero-order valence-electron chi connectivity index (χ0n) is 14.7. The van der Waals surface area contributed by atoms with Crippen LogP contribution in [0.15, 0.2) is 45.7 Å². The number of hydrogen-bond acceptors (Lipinski definition) is 7. The van der Waals surface area contributed by atoms with Gasteiger partial charge in [0.1, 0.15) is 4.90 Å². The van der Waals surface area contributed by atoms with Gasteiger partial charge in [-0.15, -0.1) is 14.6 Å². The maximum atomic E-state index is 12.2. The third-order valence-electron chi connectivity index (χ3n) is 4.61. The molecule has 8 nitrogen and oxygen atoms in total. The molecule has 1 saturated heterocycles. The van der Waals surface area contributed by atoms with Crippen LogP contribution < -0.4 is 9.80 Å². The third kappa shape index (κ3) is 2.88. The molecular weight excluding hydrogens is 352 g/mol. The lowest BCUT2D eigenvalue weighted by molar-refractivity contribution is 0.385. The van der Waals surface area contributed by atoms with Crippen LogP contribution in [-0.2, 0) is 10.0 Å². The van der Waals surface area contributed by atoms with Gasteiger partial charge in [0.2, 0.25) is 0 Å². The number of rotatable bonds is 2. The Kier molecular flexibility index (Phi) is 4.03. The van der Waals surface area contributed by atoms with Gasteiger partial charge in [-0.2, -0.15) is 8.42 Å². The van der Waals surface area contributed by atoms with Crippen molar-refractivity contribution in [2.45, 2.75) is 4.90 Å². The smallest absolute Gasteiger partial charge is 0.285 e. The van der Waals surface area contributed by atoms with E-state index < -0.39 is 10.0 Å². The molecule has 2 aliphatic rings. The average molecular weight is 372 g/mol. The molecule has 0 spiro atoms. The largest absolute Gasteiger partial charge is 0.361 e. The number of nitrogens with zero attached hydrogens (tertiary/aromatic N) is 6. The average Bonchev–Trinajstić information content (AvgIpc) is 2.94. The van der Waals surface area contributed by atoms with E-state index in [9.17, 15) is 8.42 Å². The van der Waals surface area contributed by atoms with Gasteiger partial charge in [-0.25, -0.2) is 0 Å². The van der Waals surface area contributed by atoms with Gasteiger partial charge in [0.25, 0.3) is 10.0 Å². The number of benzene rings is 1. The molecule has 2 aliphatic heterocycles. The number of piperazine rings is 1. The second-order valence-corrected chi connectivity index (χ2v) is 8.08. The molecule has 0 bridgehead atoms. The lowest BCUT2D eigenvalue weighted by Gasteiger charge is -2.36. The van der Waals surface area contributed by atoms with E-state index in [-0.39, 0.29) is 0 Å². The highest BCUT2D eigenvalue weighted by atomic mass is 32.2. The number of aromatic nitrogens is 2. The molecule has 1 fully saturated rings. The Hall–Kier alpha value is -2.68. The summed E-state index contributed by atoms with van der Waals surface area (Å²) in [6, 6.07) is 10.9. The fourth-order valence-electron chi connectivity index (χ4n) is 3.19. The summed E-state index contributed by atoms with van der Waals surface area (Å²) in [5.74, 6) is 2.19. The molecule has 9 heteroatoms. The SMILES string of the molecule is CN(C)c1ccc(N2CCN(C3=NS(=O)(=O)c4ccccc43)CC2)nn1. The van der Waals surface area contributed by atoms with E-state index >= 15 is 0 Å². The van der Waals surface area contributed by atoms with Gasteiger partial charge < -0.3 is 14.7 Å². The monoisotopic (exact) mass is 372 g/mol. The third-order valence-corrected chi connectivity index (χ3v) is 5.94. The van der Waals surface area contributed by atoms with Crippen molar-refractivity contribution in [1.29, 1.82) is 0 Å². The van der Waals surface area contributed by atoms with Gasteiger partial charge in [0, 0.05) is 45.8 Å². The molecule has 0 saturated carbocycles. The van der Waals surface area contributed by atoms with Crippen LogP contribution in [0.3, 0.4) is 0 Å². The van der Waals surface area contributed by atoms with E-state index in [1.54, 1.807) is 12.1 Å². The summed E-state index contributed by atoms with van der Waals surface area (Å²) < 4.78 is 28.5. The number of sulfonamides is 1. The topological polar surface area (TPSA) is 82.0 Å². The highest BCUT2D eigenvalue weighted by Crippen LogP contribution is 2.28. The molecule has 3 heterocycles. The minimum atomic E-state index is -3.58. The van der Waals surface area contributed by atoms with Crippen LogP contribution in [0.5, 0.6) is 0 Å². The highest BCUT2D eigenvalue weighted by molar-refractivity contribution is 7.90. The van der Waals surface area contributed by atoms with Crippen LogP contribution >= 0.6 is 0 Å². The molecule has 0 amide bonds. The van der Waals surface area contributed by atoms with E-state index in [0.29, 0.717) is 29.4 Å². The fraction of sp³-hybridized carbons (Fsp3) is 0.353. The second-order valence-electron chi connectivity index (χ2n) is 6.50. The molecule has 2 aromatic rings. The number of hydrogen-bond donors (Lipinski definition) is 0. The maximum Gasteiger partial charge on any atom is 0.285 e. The number of anilines is 2. The first-order chi connectivity index (χ1) is 12.5. The highest BCUT2D eigenvalue weighted by Gasteiger charge is 2.33. The molecule has 4 rings (SSSR count). The van der Waals surface area contributed by atoms with Crippen molar-refractivity contribution in [2.24, 2.45) is 4.40 Å². The van der Waals surface area contributed by atoms with Crippen LogP contribution in [-0.4, -0.2) is 69.6 Å². The quantitative estimate of drug-likeness (QED) is 0.772. The minimum absolute atomic E-state index is 0.294. The molecule has 1 aromatic carbocycles. The van der Waals surface area contributed by atoms with Gasteiger partial charge in [-0.3, -0.25) is 0 Å². The lowest BCUT2D eigenvalue weighted by atomic mass is 10.1. The molecule has 0 aliphatic carbocycles. The molecule has 0 unspecified atom stereocenters. The predicted molar refractivity (Wildman–Crippen MR) is 100 cm³/mol. The van der Waals surface area contributed by atoms with Crippen LogP contribution in [0.1, 0.15) is 5.56 Å². The van der Waals surface area contributed by atoms with Crippen LogP contribution in [0, 0.1) is 0 Å². The van der Waals surface area contributed by atoms with Crippen molar-refractivity contribution < 1.29 is 8.42 Å². The molecule has 0 radical (unpaired) electrons. The Labute approximate surface area is 152 Å². The molecule has 26 heavy (non-hydrogen) atoms. The number of fused-ring (bicyclic) bond motifs is 1. The standard InChI is InChI=1S/C17H20N6O2S/c1-21(2)15-7-8-16(19-18-15)22-9-11-23(12-10-22)17-13-5-3-4-6-14(13)26(24,25)20-17/h3-8H,9-12H2,1-2H3. The zero-order chi connectivity index (χ0) is 18.3. The Morgan fingerprint density at radius 2 is 1.62 bits per heavy atom. The van der Waals surface area contributed by atoms with Gasteiger partial charge in [0.05, 0.1) is 0 Å². The van der Waals surface area contributed by atoms with Gasteiger partial charge >= 0.3 is 0 Å². The fourth-order valence-corrected chi connectivity index (χ4v) is 4.42. The van der Waals surface area contributed by atoms with E-state index in [1.807, 2.05) is 48.2 Å². The molecule has 0 atom stereocenters. The maximum absolute atomic E-state index is 12.2. The Morgan fingerprint density at radius 3 is 2.27 bits per heavy atom. The summed E-state index contributed by atoms with van der Waals surface area (Å²) in [4.78, 5) is 6.38.